The van der Waals surface area contributed by atoms with Crippen LogP contribution < -0.4 is 59.1 Å². The van der Waals surface area contributed by atoms with E-state index in [9.17, 15) is 4.79 Å². The van der Waals surface area contributed by atoms with E-state index in [2.05, 4.69) is 6.92 Å². The fourth-order valence-electron chi connectivity index (χ4n) is 1.94. The predicted octanol–water partition coefficient (Wildman–Crippen LogP) is -2.56. The first kappa shape index (κ1) is 32.0. The molecule has 0 saturated heterocycles. The zero-order valence-electron chi connectivity index (χ0n) is 14.9. The second-order valence-electron chi connectivity index (χ2n) is 5.09. The molecule has 0 aliphatic carbocycles. The van der Waals surface area contributed by atoms with Gasteiger partial charge in [0.1, 0.15) is 0 Å². The van der Waals surface area contributed by atoms with Crippen molar-refractivity contribution in [2.75, 3.05) is 0 Å². The Kier molecular flexibility index (Phi) is 32.5. The van der Waals surface area contributed by atoms with Crippen molar-refractivity contribution in [1.82, 2.24) is 0 Å². The molecule has 0 saturated carbocycles. The zero-order chi connectivity index (χ0) is 16.6. The van der Waals surface area contributed by atoms with E-state index in [1.165, 1.54) is 57.8 Å². The molecule has 128 valence electrons. The largest absolute Gasteiger partial charge is 1.00 e. The van der Waals surface area contributed by atoms with Gasteiger partial charge in [0.05, 0.1) is 0 Å². The minimum absolute atomic E-state index is 0. The predicted molar refractivity (Wildman–Crippen MR) is 79.2 cm³/mol. The number of unbranched alkanes of at least 4 members (excludes halogenated alkanes) is 10. The molecule has 0 spiro atoms. The maximum absolute atomic E-state index is 10.3. The third-order valence-corrected chi connectivity index (χ3v) is 2.99. The van der Waals surface area contributed by atoms with E-state index in [0.29, 0.717) is 6.42 Å². The van der Waals surface area contributed by atoms with Crippen molar-refractivity contribution in [2.45, 2.75) is 84.0 Å². The summed E-state index contributed by atoms with van der Waals surface area (Å²) in [6, 6.07) is 0. The monoisotopic (exact) mass is 370 g/mol. The molecule has 0 radical (unpaired) electrons. The molecule has 0 aromatic heterocycles. The number of hydrogen-bond acceptors (Lipinski definition) is 5. The Bertz CT molecular complexity index is 328. The third kappa shape index (κ3) is 51.7. The second-order valence-corrected chi connectivity index (χ2v) is 5.90. The molecule has 0 bridgehead atoms. The van der Waals surface area contributed by atoms with Crippen LogP contribution in [0.5, 0.6) is 0 Å². The minimum Gasteiger partial charge on any atom is -0.759 e. The van der Waals surface area contributed by atoms with E-state index in [-0.39, 0.29) is 59.1 Å². The van der Waals surface area contributed by atoms with Gasteiger partial charge in [-0.2, -0.15) is 0 Å². The average molecular weight is 370 g/mol. The first-order valence-corrected chi connectivity index (χ1v) is 8.99. The summed E-state index contributed by atoms with van der Waals surface area (Å²) in [5, 5.41) is 8.46. The minimum atomic E-state index is -5.17. The van der Waals surface area contributed by atoms with Crippen molar-refractivity contribution in [1.29, 1.82) is 0 Å². The van der Waals surface area contributed by atoms with E-state index < -0.39 is 16.4 Å². The van der Waals surface area contributed by atoms with E-state index in [4.69, 9.17) is 22.6 Å². The van der Waals surface area contributed by atoms with Gasteiger partial charge in [-0.25, -0.2) is 0 Å². The first-order chi connectivity index (χ1) is 9.77. The van der Waals surface area contributed by atoms with Gasteiger partial charge in [-0.1, -0.05) is 71.1 Å². The summed E-state index contributed by atoms with van der Waals surface area (Å²) in [6.07, 6.45) is 14.4. The molecule has 1 N–H and O–H groups in total. The summed E-state index contributed by atoms with van der Waals surface area (Å²) in [4.78, 5) is 10.3. The quantitative estimate of drug-likeness (QED) is 0.175. The van der Waals surface area contributed by atoms with Gasteiger partial charge in [-0.3, -0.25) is 13.2 Å². The molecule has 0 atom stereocenters. The fraction of sp³-hybridized carbons (Fsp3) is 0.929. The summed E-state index contributed by atoms with van der Waals surface area (Å²) in [7, 11) is -5.17. The smallest absolute Gasteiger partial charge is 0.759 e. The van der Waals surface area contributed by atoms with Crippen LogP contribution in [0.15, 0.2) is 0 Å². The van der Waals surface area contributed by atoms with E-state index in [1.807, 2.05) is 0 Å². The van der Waals surface area contributed by atoms with Gasteiger partial charge in [-0.05, 0) is 6.42 Å². The summed E-state index contributed by atoms with van der Waals surface area (Å²) >= 11 is 0. The second kappa shape index (κ2) is 23.3. The van der Waals surface area contributed by atoms with Crippen LogP contribution in [-0.2, 0) is 15.2 Å². The Balaban J connectivity index is -0.000000225. The van der Waals surface area contributed by atoms with Crippen molar-refractivity contribution < 1.29 is 86.5 Å². The van der Waals surface area contributed by atoms with Crippen LogP contribution in [0.3, 0.4) is 0 Å². The van der Waals surface area contributed by atoms with Crippen molar-refractivity contribution in [2.24, 2.45) is 0 Å². The number of carboxylic acid groups (broad SMARTS) is 1. The molecule has 0 aliphatic rings. The summed E-state index contributed by atoms with van der Waals surface area (Å²) in [5.74, 6) is -0.657. The number of carboxylic acids is 1. The van der Waals surface area contributed by atoms with Crippen LogP contribution in [0, 0.1) is 0 Å². The van der Waals surface area contributed by atoms with E-state index >= 15 is 0 Å². The molecule has 9 heteroatoms. The molecule has 0 aromatic rings. The molecule has 0 heterocycles. The van der Waals surface area contributed by atoms with Gasteiger partial charge < -0.3 is 14.2 Å². The Hall–Kier alpha value is 1.34. The summed E-state index contributed by atoms with van der Waals surface area (Å²) in [6.45, 7) is 2.25. The molecule has 0 aromatic carbocycles. The maximum atomic E-state index is 10.3. The molecular weight excluding hydrogens is 342 g/mol. The fourth-order valence-corrected chi connectivity index (χ4v) is 1.94. The Labute approximate surface area is 185 Å². The van der Waals surface area contributed by atoms with E-state index in [1.54, 1.807) is 0 Å². The summed E-state index contributed by atoms with van der Waals surface area (Å²) < 4.78 is 34.1. The molecule has 0 amide bonds. The Morgan fingerprint density at radius 3 is 1.30 bits per heavy atom. The van der Waals surface area contributed by atoms with Gasteiger partial charge in [0.2, 0.25) is 0 Å². The first-order valence-electron chi connectivity index (χ1n) is 7.66. The molecule has 0 aliphatic heterocycles. The maximum Gasteiger partial charge on any atom is 1.00 e. The molecule has 6 nitrogen and oxygen atoms in total. The molecule has 23 heavy (non-hydrogen) atoms. The normalized spacial score (nSPS) is 9.87. The van der Waals surface area contributed by atoms with Crippen molar-refractivity contribution in [3.05, 3.63) is 0 Å². The topological polar surface area (TPSA) is 118 Å². The van der Waals surface area contributed by atoms with Gasteiger partial charge in [-0.15, -0.1) is 0 Å². The molecular formula is C14H28Na2O6S. The van der Waals surface area contributed by atoms with Crippen molar-refractivity contribution >= 4 is 16.4 Å². The standard InChI is InChI=1S/C14H28O2.2Na.H2O4S/c1-2-3-4-5-6-7-8-9-10-11-12-13-14(15)16;;;1-5(2,3)4/h2-13H2,1H3,(H,15,16);;;(H2,1,2,3,4)/q;2*+1;/p-2. The van der Waals surface area contributed by atoms with Gasteiger partial charge >= 0.3 is 65.1 Å². The Morgan fingerprint density at radius 1 is 0.783 bits per heavy atom. The third-order valence-electron chi connectivity index (χ3n) is 2.99. The molecule has 0 unspecified atom stereocenters. The SMILES string of the molecule is CCCCCCCCCCCCCC(=O)O.O=S(=O)([O-])[O-].[Na+].[Na+]. The molecule has 0 rings (SSSR count). The van der Waals surface area contributed by atoms with Crippen LogP contribution >= 0.6 is 0 Å². The zero-order valence-corrected chi connectivity index (χ0v) is 19.7. The molecule has 0 fully saturated rings. The number of aliphatic carboxylic acids is 1. The van der Waals surface area contributed by atoms with Crippen LogP contribution in [0.2, 0.25) is 0 Å². The number of rotatable bonds is 12. The van der Waals surface area contributed by atoms with Gasteiger partial charge in [0.25, 0.3) is 0 Å². The van der Waals surface area contributed by atoms with Crippen LogP contribution in [0.25, 0.3) is 0 Å². The van der Waals surface area contributed by atoms with E-state index in [0.717, 1.165) is 12.8 Å². The number of hydrogen-bond donors (Lipinski definition) is 1. The van der Waals surface area contributed by atoms with Crippen LogP contribution in [0.1, 0.15) is 84.0 Å². The van der Waals surface area contributed by atoms with Crippen molar-refractivity contribution in [3.63, 3.8) is 0 Å². The van der Waals surface area contributed by atoms with Crippen LogP contribution in [-0.4, -0.2) is 28.6 Å². The van der Waals surface area contributed by atoms with Crippen LogP contribution in [0.4, 0.5) is 0 Å². The summed E-state index contributed by atoms with van der Waals surface area (Å²) in [5.41, 5.74) is 0. The van der Waals surface area contributed by atoms with Gasteiger partial charge in [0.15, 0.2) is 0 Å². The Morgan fingerprint density at radius 2 is 1.04 bits per heavy atom. The number of carbonyl (C=O) groups is 1. The van der Waals surface area contributed by atoms with Gasteiger partial charge in [0, 0.05) is 16.8 Å². The van der Waals surface area contributed by atoms with Crippen molar-refractivity contribution in [3.8, 4) is 0 Å². The average Bonchev–Trinajstić information content (AvgIpc) is 2.33.